The van der Waals surface area contributed by atoms with Crippen LogP contribution in [0, 0.1) is 0 Å². The molecule has 302 valence electrons. The van der Waals surface area contributed by atoms with Crippen molar-refractivity contribution in [3.8, 4) is 0 Å². The minimum atomic E-state index is -4.34. The highest BCUT2D eigenvalue weighted by Gasteiger charge is 2.26. The molecule has 0 aliphatic carbocycles. The SMILES string of the molecule is CCCCC/C=C/CC/C=C/C(O)C(COP(=O)(O)OCCN)NC(=O)CCCCCCCCCCCCCCCCCCCCCCCCC. The van der Waals surface area contributed by atoms with Gasteiger partial charge in [-0.1, -0.05) is 192 Å². The lowest BCUT2D eigenvalue weighted by molar-refractivity contribution is -0.123. The first-order chi connectivity index (χ1) is 24.9. The molecule has 0 heterocycles. The molecule has 1 amide bonds. The third-order valence-electron chi connectivity index (χ3n) is 9.53. The maximum atomic E-state index is 12.7. The molecular formula is C42H83N2O6P. The Hall–Kier alpha value is -1.02. The molecule has 3 atom stereocenters. The van der Waals surface area contributed by atoms with Gasteiger partial charge in [0.2, 0.25) is 5.91 Å². The van der Waals surface area contributed by atoms with Crippen molar-refractivity contribution in [1.82, 2.24) is 5.32 Å². The topological polar surface area (TPSA) is 131 Å². The van der Waals surface area contributed by atoms with Gasteiger partial charge in [-0.3, -0.25) is 13.8 Å². The Morgan fingerprint density at radius 2 is 1.04 bits per heavy atom. The summed E-state index contributed by atoms with van der Waals surface area (Å²) in [6.07, 6.45) is 44.0. The monoisotopic (exact) mass is 743 g/mol. The standard InChI is InChI=1S/C42H83N2O6P/c1-3-5-7-9-11-13-14-15-16-17-18-19-20-21-22-23-24-25-26-28-30-32-34-36-42(46)44-40(39-50-51(47,48)49-38-37-43)41(45)35-33-31-29-27-12-10-8-6-4-2/h12,27,33,35,40-41,45H,3-11,13-26,28-32,34,36-39,43H2,1-2H3,(H,44,46)(H,47,48)/b27-12+,35-33+. The van der Waals surface area contributed by atoms with Crippen molar-refractivity contribution in [1.29, 1.82) is 0 Å². The van der Waals surface area contributed by atoms with Gasteiger partial charge in [-0.05, 0) is 32.1 Å². The number of phosphoric acid groups is 1. The zero-order chi connectivity index (χ0) is 37.5. The molecule has 9 heteroatoms. The molecule has 5 N–H and O–H groups in total. The first kappa shape index (κ1) is 50.0. The van der Waals surface area contributed by atoms with Gasteiger partial charge < -0.3 is 21.1 Å². The van der Waals surface area contributed by atoms with Crippen LogP contribution in [0.3, 0.4) is 0 Å². The van der Waals surface area contributed by atoms with Crippen LogP contribution < -0.4 is 11.1 Å². The van der Waals surface area contributed by atoms with Gasteiger partial charge in [0, 0.05) is 13.0 Å². The first-order valence-electron chi connectivity index (χ1n) is 21.5. The minimum absolute atomic E-state index is 0.0754. The van der Waals surface area contributed by atoms with Crippen molar-refractivity contribution < 1.29 is 28.4 Å². The fourth-order valence-electron chi connectivity index (χ4n) is 6.27. The van der Waals surface area contributed by atoms with Crippen LogP contribution in [0.1, 0.15) is 206 Å². The van der Waals surface area contributed by atoms with Gasteiger partial charge in [0.1, 0.15) is 0 Å². The van der Waals surface area contributed by atoms with Crippen LogP contribution in [0.2, 0.25) is 0 Å². The lowest BCUT2D eigenvalue weighted by Gasteiger charge is -2.23. The molecule has 0 aromatic carbocycles. The molecule has 0 rings (SSSR count). The molecule has 3 unspecified atom stereocenters. The molecule has 0 spiro atoms. The second kappa shape index (κ2) is 38.7. The second-order valence-electron chi connectivity index (χ2n) is 14.6. The number of hydrogen-bond donors (Lipinski definition) is 4. The molecule has 0 aromatic heterocycles. The highest BCUT2D eigenvalue weighted by molar-refractivity contribution is 7.47. The van der Waals surface area contributed by atoms with Crippen LogP contribution in [0.25, 0.3) is 0 Å². The van der Waals surface area contributed by atoms with Gasteiger partial charge in [0.15, 0.2) is 0 Å². The number of phosphoric ester groups is 1. The summed E-state index contributed by atoms with van der Waals surface area (Å²) in [6, 6.07) is -0.871. The third-order valence-corrected chi connectivity index (χ3v) is 10.5. The van der Waals surface area contributed by atoms with Crippen molar-refractivity contribution in [2.45, 2.75) is 219 Å². The van der Waals surface area contributed by atoms with Gasteiger partial charge >= 0.3 is 7.82 Å². The molecule has 51 heavy (non-hydrogen) atoms. The van der Waals surface area contributed by atoms with E-state index in [4.69, 9.17) is 14.8 Å². The van der Waals surface area contributed by atoms with E-state index < -0.39 is 20.0 Å². The maximum Gasteiger partial charge on any atom is 0.472 e. The quantitative estimate of drug-likeness (QED) is 0.0279. The fraction of sp³-hybridized carbons (Fsp3) is 0.881. The number of amides is 1. The van der Waals surface area contributed by atoms with E-state index in [1.54, 1.807) is 6.08 Å². The zero-order valence-electron chi connectivity index (χ0n) is 33.4. The van der Waals surface area contributed by atoms with Gasteiger partial charge in [-0.25, -0.2) is 4.57 Å². The largest absolute Gasteiger partial charge is 0.472 e. The summed E-state index contributed by atoms with van der Waals surface area (Å²) in [5.41, 5.74) is 5.35. The van der Waals surface area contributed by atoms with E-state index in [2.05, 4.69) is 31.3 Å². The molecule has 0 saturated carbocycles. The Morgan fingerprint density at radius 1 is 0.627 bits per heavy atom. The average Bonchev–Trinajstić information content (AvgIpc) is 3.12. The number of nitrogens with two attached hydrogens (primary N) is 1. The number of carbonyl (C=O) groups is 1. The number of carbonyl (C=O) groups excluding carboxylic acids is 1. The molecule has 0 saturated heterocycles. The highest BCUT2D eigenvalue weighted by Crippen LogP contribution is 2.43. The van der Waals surface area contributed by atoms with E-state index in [1.807, 2.05) is 6.08 Å². The maximum absolute atomic E-state index is 12.7. The van der Waals surface area contributed by atoms with E-state index in [9.17, 15) is 19.4 Å². The number of aliphatic hydroxyl groups is 1. The smallest absolute Gasteiger partial charge is 0.387 e. The lowest BCUT2D eigenvalue weighted by atomic mass is 10.0. The van der Waals surface area contributed by atoms with Crippen LogP contribution in [-0.2, 0) is 18.4 Å². The Labute approximate surface area is 315 Å². The molecule has 0 bridgehead atoms. The Kier molecular flexibility index (Phi) is 37.9. The van der Waals surface area contributed by atoms with Crippen LogP contribution >= 0.6 is 7.82 Å². The number of allylic oxidation sites excluding steroid dienone is 3. The molecule has 0 aliphatic heterocycles. The third kappa shape index (κ3) is 37.1. The van der Waals surface area contributed by atoms with Crippen molar-refractivity contribution >= 4 is 13.7 Å². The van der Waals surface area contributed by atoms with Gasteiger partial charge in [0.25, 0.3) is 0 Å². The summed E-state index contributed by atoms with van der Waals surface area (Å²) >= 11 is 0. The van der Waals surface area contributed by atoms with Crippen LogP contribution in [0.5, 0.6) is 0 Å². The van der Waals surface area contributed by atoms with Gasteiger partial charge in [-0.15, -0.1) is 0 Å². The van der Waals surface area contributed by atoms with E-state index in [0.29, 0.717) is 6.42 Å². The highest BCUT2D eigenvalue weighted by atomic mass is 31.2. The minimum Gasteiger partial charge on any atom is -0.387 e. The Morgan fingerprint density at radius 3 is 1.51 bits per heavy atom. The molecule has 8 nitrogen and oxygen atoms in total. The summed E-state index contributed by atoms with van der Waals surface area (Å²) in [7, 11) is -4.34. The van der Waals surface area contributed by atoms with E-state index in [0.717, 1.165) is 38.5 Å². The normalized spacial score (nSPS) is 14.4. The predicted octanol–water partition coefficient (Wildman–Crippen LogP) is 11.8. The van der Waals surface area contributed by atoms with Crippen molar-refractivity contribution in [3.05, 3.63) is 24.3 Å². The number of rotatable bonds is 40. The fourth-order valence-corrected chi connectivity index (χ4v) is 7.03. The average molecular weight is 743 g/mol. The Bertz CT molecular complexity index is 855. The first-order valence-corrected chi connectivity index (χ1v) is 23.0. The summed E-state index contributed by atoms with van der Waals surface area (Å²) in [4.78, 5) is 22.6. The van der Waals surface area contributed by atoms with Crippen molar-refractivity contribution in [2.75, 3.05) is 19.8 Å². The number of unbranched alkanes of at least 4 members (excludes halogenated alkanes) is 26. The molecular weight excluding hydrogens is 659 g/mol. The van der Waals surface area contributed by atoms with E-state index >= 15 is 0 Å². The number of aliphatic hydroxyl groups excluding tert-OH is 1. The summed E-state index contributed by atoms with van der Waals surface area (Å²) < 4.78 is 22.0. The van der Waals surface area contributed by atoms with Crippen LogP contribution in [-0.4, -0.2) is 47.8 Å². The number of hydrogen-bond acceptors (Lipinski definition) is 6. The summed E-state index contributed by atoms with van der Waals surface area (Å²) in [5.74, 6) is -0.204. The molecule has 0 fully saturated rings. The van der Waals surface area contributed by atoms with Crippen molar-refractivity contribution in [3.63, 3.8) is 0 Å². The van der Waals surface area contributed by atoms with Crippen molar-refractivity contribution in [2.24, 2.45) is 5.73 Å². The lowest BCUT2D eigenvalue weighted by Crippen LogP contribution is -2.45. The van der Waals surface area contributed by atoms with Gasteiger partial charge in [0.05, 0.1) is 25.4 Å². The molecule has 0 radical (unpaired) electrons. The second-order valence-corrected chi connectivity index (χ2v) is 16.0. The molecule has 0 aromatic rings. The van der Waals surface area contributed by atoms with E-state index in [1.165, 1.54) is 148 Å². The number of nitrogens with one attached hydrogen (secondary N) is 1. The van der Waals surface area contributed by atoms with E-state index in [-0.39, 0.29) is 25.7 Å². The van der Waals surface area contributed by atoms with Crippen LogP contribution in [0.15, 0.2) is 24.3 Å². The molecule has 0 aliphatic rings. The summed E-state index contributed by atoms with van der Waals surface area (Å²) in [5, 5.41) is 13.6. The summed E-state index contributed by atoms with van der Waals surface area (Å²) in [6.45, 7) is 4.07. The predicted molar refractivity (Wildman–Crippen MR) is 217 cm³/mol. The van der Waals surface area contributed by atoms with Crippen LogP contribution in [0.4, 0.5) is 0 Å². The van der Waals surface area contributed by atoms with Gasteiger partial charge in [-0.2, -0.15) is 0 Å². The Balaban J connectivity index is 4.01. The zero-order valence-corrected chi connectivity index (χ0v) is 34.2.